The van der Waals surface area contributed by atoms with Crippen molar-refractivity contribution in [1.29, 1.82) is 0 Å². The predicted octanol–water partition coefficient (Wildman–Crippen LogP) is 2.93. The fourth-order valence-electron chi connectivity index (χ4n) is 1.02. The summed E-state index contributed by atoms with van der Waals surface area (Å²) >= 11 is 11.6. The molecule has 0 unspecified atom stereocenters. The van der Waals surface area contributed by atoms with E-state index in [4.69, 9.17) is 28.3 Å². The summed E-state index contributed by atoms with van der Waals surface area (Å²) in [6, 6.07) is 3.26. The topological polar surface area (TPSA) is 37.3 Å². The molecule has 0 amide bonds. The zero-order valence-electron chi connectivity index (χ0n) is 6.97. The van der Waals surface area contributed by atoms with Crippen LogP contribution in [-0.2, 0) is 11.2 Å². The van der Waals surface area contributed by atoms with E-state index in [1.54, 1.807) is 12.1 Å². The minimum atomic E-state index is -0.899. The van der Waals surface area contributed by atoms with Crippen LogP contribution in [0.2, 0.25) is 10.0 Å². The van der Waals surface area contributed by atoms with Gasteiger partial charge in [0.1, 0.15) is 0 Å². The number of carbonyl (C=O) groups is 1. The third-order valence-electron chi connectivity index (χ3n) is 1.67. The van der Waals surface area contributed by atoms with Gasteiger partial charge in [-0.25, -0.2) is 0 Å². The van der Waals surface area contributed by atoms with Gasteiger partial charge in [0.2, 0.25) is 0 Å². The first-order valence-electron chi connectivity index (χ1n) is 3.67. The van der Waals surface area contributed by atoms with Crippen molar-refractivity contribution in [3.8, 4) is 0 Å². The summed E-state index contributed by atoms with van der Waals surface area (Å²) in [7, 11) is 0. The number of rotatable bonds is 2. The quantitative estimate of drug-likeness (QED) is 0.830. The van der Waals surface area contributed by atoms with E-state index in [9.17, 15) is 4.79 Å². The van der Waals surface area contributed by atoms with E-state index in [1.807, 2.05) is 6.92 Å². The van der Waals surface area contributed by atoms with Crippen molar-refractivity contribution in [1.82, 2.24) is 0 Å². The largest absolute Gasteiger partial charge is 0.481 e. The molecule has 1 N–H and O–H groups in total. The highest BCUT2D eigenvalue weighted by Crippen LogP contribution is 2.25. The Morgan fingerprint density at radius 2 is 2.00 bits per heavy atom. The lowest BCUT2D eigenvalue weighted by Crippen LogP contribution is -2.01. The highest BCUT2D eigenvalue weighted by Gasteiger charge is 2.07. The van der Waals surface area contributed by atoms with Crippen molar-refractivity contribution in [3.63, 3.8) is 0 Å². The van der Waals surface area contributed by atoms with E-state index >= 15 is 0 Å². The Morgan fingerprint density at radius 3 is 2.54 bits per heavy atom. The molecule has 0 aliphatic heterocycles. The van der Waals surface area contributed by atoms with Crippen LogP contribution in [-0.4, -0.2) is 11.1 Å². The van der Waals surface area contributed by atoms with Gasteiger partial charge < -0.3 is 5.11 Å². The average Bonchev–Trinajstić information content (AvgIpc) is 1.99. The molecule has 0 bridgehead atoms. The molecule has 70 valence electrons. The van der Waals surface area contributed by atoms with Crippen molar-refractivity contribution in [3.05, 3.63) is 33.3 Å². The maximum Gasteiger partial charge on any atom is 0.307 e. The minimum Gasteiger partial charge on any atom is -0.481 e. The molecule has 0 saturated carbocycles. The van der Waals surface area contributed by atoms with Crippen LogP contribution in [0.1, 0.15) is 11.1 Å². The molecule has 4 heteroatoms. The number of carboxylic acids is 1. The normalized spacial score (nSPS) is 10.1. The van der Waals surface area contributed by atoms with E-state index in [0.29, 0.717) is 15.6 Å². The zero-order chi connectivity index (χ0) is 10.0. The number of hydrogen-bond acceptors (Lipinski definition) is 1. The molecule has 0 aliphatic rings. The SMILES string of the molecule is Cc1cc(CC(=O)O)c(Cl)cc1Cl. The first kappa shape index (κ1) is 10.4. The van der Waals surface area contributed by atoms with Gasteiger partial charge in [-0.3, -0.25) is 4.79 Å². The van der Waals surface area contributed by atoms with Gasteiger partial charge in [0.25, 0.3) is 0 Å². The van der Waals surface area contributed by atoms with Gasteiger partial charge >= 0.3 is 5.97 Å². The number of aliphatic carboxylic acids is 1. The van der Waals surface area contributed by atoms with Crippen molar-refractivity contribution < 1.29 is 9.90 Å². The monoisotopic (exact) mass is 218 g/mol. The summed E-state index contributed by atoms with van der Waals surface area (Å²) in [5, 5.41) is 9.52. The van der Waals surface area contributed by atoms with E-state index in [-0.39, 0.29) is 6.42 Å². The van der Waals surface area contributed by atoms with Crippen LogP contribution in [0.5, 0.6) is 0 Å². The predicted molar refractivity (Wildman–Crippen MR) is 52.5 cm³/mol. The Bertz CT molecular complexity index is 348. The van der Waals surface area contributed by atoms with Crippen LogP contribution in [0.25, 0.3) is 0 Å². The summed E-state index contributed by atoms with van der Waals surface area (Å²) in [6.45, 7) is 1.81. The van der Waals surface area contributed by atoms with Gasteiger partial charge in [0.15, 0.2) is 0 Å². The first-order chi connectivity index (χ1) is 6.00. The molecule has 0 radical (unpaired) electrons. The second-order valence-electron chi connectivity index (χ2n) is 2.76. The van der Waals surface area contributed by atoms with Crippen LogP contribution in [0, 0.1) is 6.92 Å². The summed E-state index contributed by atoms with van der Waals surface area (Å²) in [4.78, 5) is 10.4. The summed E-state index contributed by atoms with van der Waals surface area (Å²) in [6.07, 6.45) is -0.0726. The van der Waals surface area contributed by atoms with Gasteiger partial charge in [-0.2, -0.15) is 0 Å². The van der Waals surface area contributed by atoms with E-state index in [0.717, 1.165) is 5.56 Å². The number of halogens is 2. The highest BCUT2D eigenvalue weighted by molar-refractivity contribution is 6.35. The van der Waals surface area contributed by atoms with E-state index in [1.165, 1.54) is 0 Å². The Hall–Kier alpha value is -0.730. The Kier molecular flexibility index (Phi) is 3.17. The molecular weight excluding hydrogens is 211 g/mol. The fraction of sp³-hybridized carbons (Fsp3) is 0.222. The number of hydrogen-bond donors (Lipinski definition) is 1. The molecule has 0 atom stereocenters. The Balaban J connectivity index is 3.08. The van der Waals surface area contributed by atoms with Crippen molar-refractivity contribution in [2.75, 3.05) is 0 Å². The first-order valence-corrected chi connectivity index (χ1v) is 4.42. The summed E-state index contributed by atoms with van der Waals surface area (Å²) < 4.78 is 0. The van der Waals surface area contributed by atoms with Crippen LogP contribution in [0.3, 0.4) is 0 Å². The fourth-order valence-corrected chi connectivity index (χ4v) is 1.47. The minimum absolute atomic E-state index is 0.0726. The van der Waals surface area contributed by atoms with Crippen LogP contribution in [0.4, 0.5) is 0 Å². The average molecular weight is 219 g/mol. The second kappa shape index (κ2) is 3.99. The molecule has 1 aromatic carbocycles. The van der Waals surface area contributed by atoms with Crippen LogP contribution >= 0.6 is 23.2 Å². The number of carboxylic acid groups (broad SMARTS) is 1. The number of benzene rings is 1. The third-order valence-corrected chi connectivity index (χ3v) is 2.43. The zero-order valence-corrected chi connectivity index (χ0v) is 8.49. The van der Waals surface area contributed by atoms with Crippen LogP contribution < -0.4 is 0 Å². The lowest BCUT2D eigenvalue weighted by molar-refractivity contribution is -0.136. The van der Waals surface area contributed by atoms with Gasteiger partial charge in [0, 0.05) is 10.0 Å². The van der Waals surface area contributed by atoms with Gasteiger partial charge in [0.05, 0.1) is 6.42 Å². The maximum atomic E-state index is 10.4. The van der Waals surface area contributed by atoms with E-state index in [2.05, 4.69) is 0 Å². The standard InChI is InChI=1S/C9H8Cl2O2/c1-5-2-6(3-9(12)13)8(11)4-7(5)10/h2,4H,3H2,1H3,(H,12,13). The highest BCUT2D eigenvalue weighted by atomic mass is 35.5. The molecule has 0 heterocycles. The molecule has 0 aromatic heterocycles. The van der Waals surface area contributed by atoms with Gasteiger partial charge in [-0.05, 0) is 24.1 Å². The molecule has 0 fully saturated rings. The van der Waals surface area contributed by atoms with Crippen LogP contribution in [0.15, 0.2) is 12.1 Å². The summed E-state index contributed by atoms with van der Waals surface area (Å²) in [5.41, 5.74) is 1.43. The van der Waals surface area contributed by atoms with Crippen molar-refractivity contribution >= 4 is 29.2 Å². The molecule has 0 saturated heterocycles. The lowest BCUT2D eigenvalue weighted by atomic mass is 10.1. The van der Waals surface area contributed by atoms with Gasteiger partial charge in [-0.1, -0.05) is 29.3 Å². The third kappa shape index (κ3) is 2.61. The maximum absolute atomic E-state index is 10.4. The van der Waals surface area contributed by atoms with E-state index < -0.39 is 5.97 Å². The smallest absolute Gasteiger partial charge is 0.307 e. The Labute approximate surface area is 86.1 Å². The van der Waals surface area contributed by atoms with Crippen molar-refractivity contribution in [2.45, 2.75) is 13.3 Å². The van der Waals surface area contributed by atoms with Gasteiger partial charge in [-0.15, -0.1) is 0 Å². The molecule has 2 nitrogen and oxygen atoms in total. The molecular formula is C9H8Cl2O2. The summed E-state index contributed by atoms with van der Waals surface area (Å²) in [5.74, 6) is -0.899. The molecule has 0 aliphatic carbocycles. The Morgan fingerprint density at radius 1 is 1.38 bits per heavy atom. The molecule has 1 rings (SSSR count). The molecule has 1 aromatic rings. The number of aryl methyl sites for hydroxylation is 1. The lowest BCUT2D eigenvalue weighted by Gasteiger charge is -2.04. The van der Waals surface area contributed by atoms with Crippen molar-refractivity contribution in [2.24, 2.45) is 0 Å². The molecule has 0 spiro atoms. The second-order valence-corrected chi connectivity index (χ2v) is 3.58. The molecule has 13 heavy (non-hydrogen) atoms.